The number of benzene rings is 1. The number of anilines is 1. The summed E-state index contributed by atoms with van der Waals surface area (Å²) in [5.41, 5.74) is 0.612. The molecule has 1 aromatic carbocycles. The van der Waals surface area contributed by atoms with Crippen LogP contribution in [0, 0.1) is 0 Å². The molecule has 2 heterocycles. The lowest BCUT2D eigenvalue weighted by atomic mass is 10.2. The molecule has 9 heteroatoms. The lowest BCUT2D eigenvalue weighted by molar-refractivity contribution is -0.274. The van der Waals surface area contributed by atoms with E-state index in [-0.39, 0.29) is 11.3 Å². The number of fused-ring (bicyclic) bond motifs is 1. The Kier molecular flexibility index (Phi) is 3.85. The summed E-state index contributed by atoms with van der Waals surface area (Å²) in [6.07, 6.45) is -2.53. The first-order chi connectivity index (χ1) is 10.9. The molecular formula is C14H12F3N3O3. The number of amides is 1. The molecule has 23 heavy (non-hydrogen) atoms. The number of carbonyl (C=O) groups excluding carboxylic acids is 1. The van der Waals surface area contributed by atoms with Gasteiger partial charge in [-0.3, -0.25) is 4.79 Å². The van der Waals surface area contributed by atoms with Crippen LogP contribution in [0.4, 0.5) is 18.9 Å². The highest BCUT2D eigenvalue weighted by Crippen LogP contribution is 2.26. The van der Waals surface area contributed by atoms with E-state index in [1.807, 2.05) is 0 Å². The molecule has 0 atom stereocenters. The first-order valence-corrected chi connectivity index (χ1v) is 6.78. The van der Waals surface area contributed by atoms with Gasteiger partial charge in [0.15, 0.2) is 0 Å². The van der Waals surface area contributed by atoms with Crippen LogP contribution < -0.4 is 14.8 Å². The Balaban J connectivity index is 1.69. The molecule has 2 aromatic rings. The molecule has 0 saturated heterocycles. The average Bonchev–Trinajstić information content (AvgIpc) is 2.92. The van der Waals surface area contributed by atoms with Gasteiger partial charge in [0.05, 0.1) is 12.8 Å². The predicted molar refractivity (Wildman–Crippen MR) is 73.4 cm³/mol. The van der Waals surface area contributed by atoms with Crippen molar-refractivity contribution in [1.82, 2.24) is 9.78 Å². The normalized spacial score (nSPS) is 13.9. The van der Waals surface area contributed by atoms with Crippen molar-refractivity contribution < 1.29 is 27.4 Å². The molecule has 1 aliphatic rings. The maximum atomic E-state index is 12.2. The predicted octanol–water partition coefficient (Wildman–Crippen LogP) is 2.82. The van der Waals surface area contributed by atoms with Crippen LogP contribution in [-0.4, -0.2) is 28.7 Å². The number of halogens is 3. The van der Waals surface area contributed by atoms with Gasteiger partial charge < -0.3 is 14.8 Å². The summed E-state index contributed by atoms with van der Waals surface area (Å²) in [4.78, 5) is 12.2. The molecule has 0 spiro atoms. The van der Waals surface area contributed by atoms with Gasteiger partial charge in [0, 0.05) is 18.7 Å². The molecule has 0 saturated carbocycles. The van der Waals surface area contributed by atoms with E-state index in [1.54, 1.807) is 4.68 Å². The van der Waals surface area contributed by atoms with Crippen molar-refractivity contribution >= 4 is 11.6 Å². The number of hydrogen-bond acceptors (Lipinski definition) is 4. The summed E-state index contributed by atoms with van der Waals surface area (Å²) in [7, 11) is 0. The SMILES string of the molecule is O=C(Nc1ccc(OC(F)(F)F)cc1)c1cnn2c1OCCC2. The highest BCUT2D eigenvalue weighted by atomic mass is 19.4. The van der Waals surface area contributed by atoms with Crippen molar-refractivity contribution in [3.63, 3.8) is 0 Å². The Hall–Kier alpha value is -2.71. The van der Waals surface area contributed by atoms with Gasteiger partial charge in [-0.05, 0) is 24.3 Å². The third-order valence-electron chi connectivity index (χ3n) is 3.13. The van der Waals surface area contributed by atoms with Crippen LogP contribution >= 0.6 is 0 Å². The van der Waals surface area contributed by atoms with Crippen LogP contribution in [0.25, 0.3) is 0 Å². The number of aryl methyl sites for hydroxylation is 1. The van der Waals surface area contributed by atoms with E-state index >= 15 is 0 Å². The first kappa shape index (κ1) is 15.2. The minimum Gasteiger partial charge on any atom is -0.477 e. The lowest BCUT2D eigenvalue weighted by Gasteiger charge is -2.16. The minimum atomic E-state index is -4.75. The molecule has 3 rings (SSSR count). The summed E-state index contributed by atoms with van der Waals surface area (Å²) in [5.74, 6) is -0.412. The highest BCUT2D eigenvalue weighted by molar-refractivity contribution is 6.05. The maximum Gasteiger partial charge on any atom is 0.573 e. The van der Waals surface area contributed by atoms with Gasteiger partial charge in [0.25, 0.3) is 5.91 Å². The minimum absolute atomic E-state index is 0.278. The van der Waals surface area contributed by atoms with Crippen LogP contribution in [0.2, 0.25) is 0 Å². The molecule has 1 aliphatic heterocycles. The molecule has 6 nitrogen and oxygen atoms in total. The Bertz CT molecular complexity index is 710. The summed E-state index contributed by atoms with van der Waals surface area (Å²) < 4.78 is 47.0. The van der Waals surface area contributed by atoms with Crippen molar-refractivity contribution in [3.8, 4) is 11.6 Å². The summed E-state index contributed by atoms with van der Waals surface area (Å²) >= 11 is 0. The van der Waals surface area contributed by atoms with Crippen LogP contribution in [0.1, 0.15) is 16.8 Å². The zero-order valence-corrected chi connectivity index (χ0v) is 11.8. The van der Waals surface area contributed by atoms with E-state index in [4.69, 9.17) is 4.74 Å². The second-order valence-corrected chi connectivity index (χ2v) is 4.81. The molecule has 0 radical (unpaired) electrons. The van der Waals surface area contributed by atoms with Crippen molar-refractivity contribution in [3.05, 3.63) is 36.0 Å². The van der Waals surface area contributed by atoms with Crippen LogP contribution in [0.3, 0.4) is 0 Å². The first-order valence-electron chi connectivity index (χ1n) is 6.78. The van der Waals surface area contributed by atoms with E-state index < -0.39 is 12.3 Å². The Labute approximate surface area is 128 Å². The zero-order chi connectivity index (χ0) is 16.4. The second kappa shape index (κ2) is 5.82. The highest BCUT2D eigenvalue weighted by Gasteiger charge is 2.31. The molecule has 1 amide bonds. The molecular weight excluding hydrogens is 315 g/mol. The van der Waals surface area contributed by atoms with Crippen molar-refractivity contribution in [2.45, 2.75) is 19.3 Å². The number of alkyl halides is 3. The van der Waals surface area contributed by atoms with Crippen molar-refractivity contribution in [2.75, 3.05) is 11.9 Å². The van der Waals surface area contributed by atoms with E-state index in [9.17, 15) is 18.0 Å². The van der Waals surface area contributed by atoms with Gasteiger partial charge in [-0.1, -0.05) is 0 Å². The van der Waals surface area contributed by atoms with E-state index in [1.165, 1.54) is 18.3 Å². The Morgan fingerprint density at radius 3 is 2.74 bits per heavy atom. The quantitative estimate of drug-likeness (QED) is 0.941. The fourth-order valence-electron chi connectivity index (χ4n) is 2.16. The monoisotopic (exact) mass is 327 g/mol. The summed E-state index contributed by atoms with van der Waals surface area (Å²) in [6.45, 7) is 1.18. The van der Waals surface area contributed by atoms with Crippen molar-refractivity contribution in [2.24, 2.45) is 0 Å². The summed E-state index contributed by atoms with van der Waals surface area (Å²) in [5, 5.41) is 6.64. The molecule has 1 aromatic heterocycles. The van der Waals surface area contributed by atoms with E-state index in [2.05, 4.69) is 15.2 Å². The molecule has 1 N–H and O–H groups in total. The maximum absolute atomic E-state index is 12.2. The number of aromatic nitrogens is 2. The van der Waals surface area contributed by atoms with Gasteiger partial charge >= 0.3 is 6.36 Å². The number of carbonyl (C=O) groups is 1. The fourth-order valence-corrected chi connectivity index (χ4v) is 2.16. The van der Waals surface area contributed by atoms with Crippen molar-refractivity contribution in [1.29, 1.82) is 0 Å². The molecule has 0 bridgehead atoms. The van der Waals surface area contributed by atoms with Crippen LogP contribution in [-0.2, 0) is 6.54 Å². The smallest absolute Gasteiger partial charge is 0.477 e. The molecule has 0 unspecified atom stereocenters. The van der Waals surface area contributed by atoms with E-state index in [0.29, 0.717) is 24.7 Å². The van der Waals surface area contributed by atoms with Gasteiger partial charge in [-0.2, -0.15) is 5.10 Å². The van der Waals surface area contributed by atoms with Gasteiger partial charge in [0.1, 0.15) is 11.3 Å². The second-order valence-electron chi connectivity index (χ2n) is 4.81. The van der Waals surface area contributed by atoms with Gasteiger partial charge in [-0.15, -0.1) is 13.2 Å². The topological polar surface area (TPSA) is 65.4 Å². The zero-order valence-electron chi connectivity index (χ0n) is 11.8. The molecule has 122 valence electrons. The third-order valence-corrected chi connectivity index (χ3v) is 3.13. The van der Waals surface area contributed by atoms with Crippen LogP contribution in [0.5, 0.6) is 11.6 Å². The fraction of sp³-hybridized carbons (Fsp3) is 0.286. The van der Waals surface area contributed by atoms with Crippen LogP contribution in [0.15, 0.2) is 30.5 Å². The number of hydrogen-bond donors (Lipinski definition) is 1. The number of rotatable bonds is 3. The molecule has 0 fully saturated rings. The number of ether oxygens (including phenoxy) is 2. The summed E-state index contributed by atoms with van der Waals surface area (Å²) in [6, 6.07) is 4.87. The van der Waals surface area contributed by atoms with Gasteiger partial charge in [-0.25, -0.2) is 4.68 Å². The van der Waals surface area contributed by atoms with Gasteiger partial charge in [0.2, 0.25) is 5.88 Å². The Morgan fingerprint density at radius 1 is 1.30 bits per heavy atom. The largest absolute Gasteiger partial charge is 0.573 e. The Morgan fingerprint density at radius 2 is 2.04 bits per heavy atom. The number of nitrogens with zero attached hydrogens (tertiary/aromatic N) is 2. The molecule has 0 aliphatic carbocycles. The average molecular weight is 327 g/mol. The lowest BCUT2D eigenvalue weighted by Crippen LogP contribution is -2.18. The standard InChI is InChI=1S/C14H12F3N3O3/c15-14(16,17)23-10-4-2-9(3-5-10)19-12(21)11-8-18-20-6-1-7-22-13(11)20/h2-5,8H,1,6-7H2,(H,19,21). The number of nitrogens with one attached hydrogen (secondary N) is 1. The third kappa shape index (κ3) is 3.55. The van der Waals surface area contributed by atoms with E-state index in [0.717, 1.165) is 18.6 Å².